The number of hydrogen-bond acceptors (Lipinski definition) is 7. The van der Waals surface area contributed by atoms with E-state index in [4.69, 9.17) is 15.2 Å². The molecule has 1 aliphatic rings. The molecule has 1 aliphatic carbocycles. The molecule has 0 saturated heterocycles. The Morgan fingerprint density at radius 2 is 1.90 bits per heavy atom. The Kier molecular flexibility index (Phi) is 6.98. The lowest BCUT2D eigenvalue weighted by molar-refractivity contribution is -0.149. The SMILES string of the molecule is CCC(O)C(O)C(=O)N[C@@H]1C[C@H](N)[C@@H](OC)[C@H](OC)[C@H]1O. The van der Waals surface area contributed by atoms with Crippen LogP contribution in [-0.2, 0) is 14.3 Å². The first-order valence-corrected chi connectivity index (χ1v) is 7.03. The fraction of sp³-hybridized carbons (Fsp3) is 0.923. The number of nitrogens with two attached hydrogens (primary N) is 1. The van der Waals surface area contributed by atoms with Crippen LogP contribution < -0.4 is 11.1 Å². The van der Waals surface area contributed by atoms with Crippen LogP contribution in [0.2, 0.25) is 0 Å². The zero-order valence-corrected chi connectivity index (χ0v) is 12.6. The number of carbonyl (C=O) groups excluding carboxylic acids is 1. The summed E-state index contributed by atoms with van der Waals surface area (Å²) in [6.07, 6.45) is -4.35. The summed E-state index contributed by atoms with van der Waals surface area (Å²) in [6, 6.07) is -1.11. The van der Waals surface area contributed by atoms with Crippen LogP contribution >= 0.6 is 0 Å². The largest absolute Gasteiger partial charge is 0.390 e. The maximum absolute atomic E-state index is 11.9. The van der Waals surface area contributed by atoms with Gasteiger partial charge in [0.2, 0.25) is 0 Å². The second kappa shape index (κ2) is 8.02. The number of nitrogens with one attached hydrogen (secondary N) is 1. The van der Waals surface area contributed by atoms with Gasteiger partial charge in [0.15, 0.2) is 6.10 Å². The van der Waals surface area contributed by atoms with Crippen molar-refractivity contribution in [2.75, 3.05) is 14.2 Å². The molecular formula is C13H26N2O6. The van der Waals surface area contributed by atoms with Crippen LogP contribution in [0.3, 0.4) is 0 Å². The van der Waals surface area contributed by atoms with Crippen molar-refractivity contribution in [3.05, 3.63) is 0 Å². The number of rotatable bonds is 6. The molecule has 0 aliphatic heterocycles. The van der Waals surface area contributed by atoms with Gasteiger partial charge in [-0.3, -0.25) is 4.79 Å². The summed E-state index contributed by atoms with van der Waals surface area (Å²) in [6.45, 7) is 1.65. The molecule has 0 radical (unpaired) electrons. The smallest absolute Gasteiger partial charge is 0.251 e. The van der Waals surface area contributed by atoms with Crippen molar-refractivity contribution in [1.29, 1.82) is 0 Å². The van der Waals surface area contributed by atoms with Gasteiger partial charge in [0.05, 0.1) is 12.1 Å². The minimum absolute atomic E-state index is 0.244. The van der Waals surface area contributed by atoms with Gasteiger partial charge in [-0.15, -0.1) is 0 Å². The molecule has 0 spiro atoms. The molecule has 0 aromatic carbocycles. The van der Waals surface area contributed by atoms with E-state index in [1.54, 1.807) is 6.92 Å². The predicted octanol–water partition coefficient (Wildman–Crippen LogP) is -2.28. The van der Waals surface area contributed by atoms with Crippen molar-refractivity contribution in [2.24, 2.45) is 5.73 Å². The quantitative estimate of drug-likeness (QED) is 0.373. The summed E-state index contributed by atoms with van der Waals surface area (Å²) >= 11 is 0. The topological polar surface area (TPSA) is 134 Å². The molecule has 21 heavy (non-hydrogen) atoms. The molecule has 7 atom stereocenters. The summed E-state index contributed by atoms with van der Waals surface area (Å²) in [7, 11) is 2.90. The van der Waals surface area contributed by atoms with Gasteiger partial charge < -0.3 is 35.8 Å². The van der Waals surface area contributed by atoms with Gasteiger partial charge >= 0.3 is 0 Å². The molecular weight excluding hydrogens is 280 g/mol. The number of hydrogen-bond donors (Lipinski definition) is 5. The maximum Gasteiger partial charge on any atom is 0.251 e. The Labute approximate surface area is 124 Å². The third-order valence-electron chi connectivity index (χ3n) is 3.94. The van der Waals surface area contributed by atoms with E-state index in [2.05, 4.69) is 5.32 Å². The number of amides is 1. The molecule has 1 saturated carbocycles. The van der Waals surface area contributed by atoms with Crippen LogP contribution in [0.25, 0.3) is 0 Å². The molecule has 0 aromatic rings. The molecule has 6 N–H and O–H groups in total. The van der Waals surface area contributed by atoms with Crippen molar-refractivity contribution in [1.82, 2.24) is 5.32 Å². The summed E-state index contributed by atoms with van der Waals surface area (Å²) in [5, 5.41) is 31.9. The summed E-state index contributed by atoms with van der Waals surface area (Å²) in [5.41, 5.74) is 5.97. The van der Waals surface area contributed by atoms with E-state index < -0.39 is 48.5 Å². The van der Waals surface area contributed by atoms with E-state index in [-0.39, 0.29) is 12.8 Å². The Morgan fingerprint density at radius 1 is 1.33 bits per heavy atom. The van der Waals surface area contributed by atoms with E-state index in [1.807, 2.05) is 0 Å². The van der Waals surface area contributed by atoms with E-state index in [0.29, 0.717) is 0 Å². The highest BCUT2D eigenvalue weighted by atomic mass is 16.5. The van der Waals surface area contributed by atoms with Crippen molar-refractivity contribution in [2.45, 2.75) is 62.4 Å². The van der Waals surface area contributed by atoms with Gasteiger partial charge in [0.1, 0.15) is 18.3 Å². The van der Waals surface area contributed by atoms with Gasteiger partial charge in [-0.2, -0.15) is 0 Å². The highest BCUT2D eigenvalue weighted by molar-refractivity contribution is 5.81. The first-order valence-electron chi connectivity index (χ1n) is 7.03. The molecule has 2 unspecified atom stereocenters. The molecule has 8 nitrogen and oxygen atoms in total. The number of ether oxygens (including phenoxy) is 2. The standard InChI is InChI=1S/C13H26N2O6/c1-4-8(16)10(18)13(19)15-7-5-6(14)11(20-2)12(21-3)9(7)17/h6-12,16-18H,4-5,14H2,1-3H3,(H,15,19)/t6-,7+,8?,9-,10?,11+,12+/m0/s1. The van der Waals surface area contributed by atoms with Gasteiger partial charge in [-0.1, -0.05) is 6.92 Å². The van der Waals surface area contributed by atoms with E-state index in [9.17, 15) is 20.1 Å². The highest BCUT2D eigenvalue weighted by Gasteiger charge is 2.44. The number of aliphatic hydroxyl groups excluding tert-OH is 3. The summed E-state index contributed by atoms with van der Waals surface area (Å²) in [4.78, 5) is 11.9. The third kappa shape index (κ3) is 4.12. The molecule has 1 rings (SSSR count). The van der Waals surface area contributed by atoms with Crippen LogP contribution in [0.15, 0.2) is 0 Å². The maximum atomic E-state index is 11.9. The molecule has 0 bridgehead atoms. The minimum Gasteiger partial charge on any atom is -0.390 e. The van der Waals surface area contributed by atoms with Crippen LogP contribution in [0.5, 0.6) is 0 Å². The third-order valence-corrected chi connectivity index (χ3v) is 3.94. The van der Waals surface area contributed by atoms with Crippen LogP contribution in [0.4, 0.5) is 0 Å². The lowest BCUT2D eigenvalue weighted by Gasteiger charge is -2.42. The molecule has 124 valence electrons. The summed E-state index contributed by atoms with van der Waals surface area (Å²) in [5.74, 6) is -0.744. The second-order valence-electron chi connectivity index (χ2n) is 5.33. The lowest BCUT2D eigenvalue weighted by Crippen LogP contribution is -2.65. The van der Waals surface area contributed by atoms with Gasteiger partial charge in [-0.25, -0.2) is 0 Å². The normalized spacial score (nSPS) is 36.0. The van der Waals surface area contributed by atoms with Crippen molar-refractivity contribution >= 4 is 5.91 Å². The minimum atomic E-state index is -1.54. The Hall–Kier alpha value is -0.770. The Balaban J connectivity index is 2.73. The fourth-order valence-corrected chi connectivity index (χ4v) is 2.63. The predicted molar refractivity (Wildman–Crippen MR) is 74.4 cm³/mol. The summed E-state index contributed by atoms with van der Waals surface area (Å²) < 4.78 is 10.4. The van der Waals surface area contributed by atoms with Gasteiger partial charge in [0.25, 0.3) is 5.91 Å². The molecule has 0 aromatic heterocycles. The van der Waals surface area contributed by atoms with E-state index in [1.165, 1.54) is 14.2 Å². The Morgan fingerprint density at radius 3 is 2.38 bits per heavy atom. The molecule has 8 heteroatoms. The second-order valence-corrected chi connectivity index (χ2v) is 5.33. The van der Waals surface area contributed by atoms with E-state index >= 15 is 0 Å². The average Bonchev–Trinajstić information content (AvgIpc) is 2.48. The first-order chi connectivity index (χ1) is 9.87. The molecule has 1 amide bonds. The first kappa shape index (κ1) is 18.3. The monoisotopic (exact) mass is 306 g/mol. The number of aliphatic hydroxyl groups is 3. The van der Waals surface area contributed by atoms with Crippen molar-refractivity contribution in [3.63, 3.8) is 0 Å². The molecule has 0 heterocycles. The zero-order chi connectivity index (χ0) is 16.2. The van der Waals surface area contributed by atoms with Crippen LogP contribution in [-0.4, -0.2) is 78.0 Å². The highest BCUT2D eigenvalue weighted by Crippen LogP contribution is 2.24. The molecule has 1 fully saturated rings. The lowest BCUT2D eigenvalue weighted by atomic mass is 9.84. The average molecular weight is 306 g/mol. The Bertz CT molecular complexity index is 343. The van der Waals surface area contributed by atoms with E-state index in [0.717, 1.165) is 0 Å². The number of methoxy groups -OCH3 is 2. The zero-order valence-electron chi connectivity index (χ0n) is 12.6. The van der Waals surface area contributed by atoms with Gasteiger partial charge in [-0.05, 0) is 12.8 Å². The van der Waals surface area contributed by atoms with Crippen LogP contribution in [0, 0.1) is 0 Å². The van der Waals surface area contributed by atoms with Gasteiger partial charge in [0, 0.05) is 20.3 Å². The van der Waals surface area contributed by atoms with Crippen molar-refractivity contribution < 1.29 is 29.6 Å². The number of carbonyl (C=O) groups is 1. The fourth-order valence-electron chi connectivity index (χ4n) is 2.63. The van der Waals surface area contributed by atoms with Crippen LogP contribution in [0.1, 0.15) is 19.8 Å². The van der Waals surface area contributed by atoms with Crippen molar-refractivity contribution in [3.8, 4) is 0 Å².